The van der Waals surface area contributed by atoms with Crippen LogP contribution in [0.2, 0.25) is 0 Å². The standard InChI is InChI=1S/C17H31N3O/c1-6-20-15(5)16(14(4)19-20)13(3)18-11-17(21)9-7-8-12(2)10-17/h12-13,18,21H,6-11H2,1-5H3. The molecule has 0 aliphatic heterocycles. The number of aliphatic hydroxyl groups is 1. The van der Waals surface area contributed by atoms with E-state index < -0.39 is 5.60 Å². The van der Waals surface area contributed by atoms with E-state index in [2.05, 4.69) is 49.7 Å². The van der Waals surface area contributed by atoms with Crippen LogP contribution < -0.4 is 5.32 Å². The van der Waals surface area contributed by atoms with Crippen molar-refractivity contribution in [3.05, 3.63) is 17.0 Å². The molecule has 1 aromatic heterocycles. The van der Waals surface area contributed by atoms with E-state index in [0.717, 1.165) is 31.5 Å². The number of aryl methyl sites for hydroxylation is 2. The zero-order chi connectivity index (χ0) is 15.6. The summed E-state index contributed by atoms with van der Waals surface area (Å²) in [5.41, 5.74) is 3.08. The van der Waals surface area contributed by atoms with Crippen molar-refractivity contribution in [2.45, 2.75) is 78.5 Å². The van der Waals surface area contributed by atoms with Crippen LogP contribution in [0.5, 0.6) is 0 Å². The second-order valence-electron chi connectivity index (χ2n) is 6.93. The molecule has 0 bridgehead atoms. The molecule has 21 heavy (non-hydrogen) atoms. The van der Waals surface area contributed by atoms with Crippen molar-refractivity contribution in [3.8, 4) is 0 Å². The smallest absolute Gasteiger partial charge is 0.0774 e. The summed E-state index contributed by atoms with van der Waals surface area (Å²) in [6.07, 6.45) is 4.22. The fourth-order valence-electron chi connectivity index (χ4n) is 3.88. The summed E-state index contributed by atoms with van der Waals surface area (Å²) in [7, 11) is 0. The molecule has 4 heteroatoms. The maximum absolute atomic E-state index is 10.7. The summed E-state index contributed by atoms with van der Waals surface area (Å²) in [5.74, 6) is 0.632. The van der Waals surface area contributed by atoms with Gasteiger partial charge in [-0.15, -0.1) is 0 Å². The van der Waals surface area contributed by atoms with Crippen molar-refractivity contribution >= 4 is 0 Å². The van der Waals surface area contributed by atoms with E-state index in [1.807, 2.05) is 0 Å². The van der Waals surface area contributed by atoms with Crippen LogP contribution in [0, 0.1) is 19.8 Å². The maximum atomic E-state index is 10.7. The molecule has 0 spiro atoms. The fraction of sp³-hybridized carbons (Fsp3) is 0.824. The molecule has 1 heterocycles. The van der Waals surface area contributed by atoms with Crippen molar-refractivity contribution in [2.75, 3.05) is 6.54 Å². The Kier molecular flexibility index (Phi) is 5.10. The Hall–Kier alpha value is -0.870. The molecule has 0 amide bonds. The molecule has 1 aliphatic rings. The average Bonchev–Trinajstić information content (AvgIpc) is 2.70. The Labute approximate surface area is 128 Å². The Bertz CT molecular complexity index is 483. The average molecular weight is 293 g/mol. The number of nitrogens with zero attached hydrogens (tertiary/aromatic N) is 2. The molecule has 4 nitrogen and oxygen atoms in total. The molecule has 2 N–H and O–H groups in total. The van der Waals surface area contributed by atoms with Gasteiger partial charge in [0.15, 0.2) is 0 Å². The normalized spacial score (nSPS) is 27.8. The van der Waals surface area contributed by atoms with Crippen molar-refractivity contribution in [1.29, 1.82) is 0 Å². The Balaban J connectivity index is 2.02. The number of aromatic nitrogens is 2. The van der Waals surface area contributed by atoms with E-state index in [1.54, 1.807) is 0 Å². The third kappa shape index (κ3) is 3.67. The molecule has 0 aromatic carbocycles. The largest absolute Gasteiger partial charge is 0.389 e. The molecule has 1 aliphatic carbocycles. The number of nitrogens with one attached hydrogen (secondary N) is 1. The van der Waals surface area contributed by atoms with Gasteiger partial charge in [0.25, 0.3) is 0 Å². The highest BCUT2D eigenvalue weighted by atomic mass is 16.3. The minimum absolute atomic E-state index is 0.228. The van der Waals surface area contributed by atoms with Crippen molar-refractivity contribution in [2.24, 2.45) is 5.92 Å². The van der Waals surface area contributed by atoms with E-state index in [-0.39, 0.29) is 6.04 Å². The first-order valence-electron chi connectivity index (χ1n) is 8.36. The zero-order valence-electron chi connectivity index (χ0n) is 14.2. The van der Waals surface area contributed by atoms with E-state index in [0.29, 0.717) is 12.5 Å². The first kappa shape index (κ1) is 16.5. The summed E-state index contributed by atoms with van der Waals surface area (Å²) in [5, 5.41) is 18.9. The topological polar surface area (TPSA) is 50.1 Å². The molecular formula is C17H31N3O. The number of rotatable bonds is 5. The highest BCUT2D eigenvalue weighted by molar-refractivity contribution is 5.27. The molecular weight excluding hydrogens is 262 g/mol. The lowest BCUT2D eigenvalue weighted by atomic mass is 9.79. The SMILES string of the molecule is CCn1nc(C)c(C(C)NCC2(O)CCCC(C)C2)c1C. The highest BCUT2D eigenvalue weighted by Crippen LogP contribution is 2.32. The molecule has 3 atom stereocenters. The van der Waals surface area contributed by atoms with Crippen LogP contribution in [0.3, 0.4) is 0 Å². The third-order valence-electron chi connectivity index (χ3n) is 4.97. The van der Waals surface area contributed by atoms with Gasteiger partial charge >= 0.3 is 0 Å². The van der Waals surface area contributed by atoms with Crippen LogP contribution in [-0.4, -0.2) is 27.0 Å². The lowest BCUT2D eigenvalue weighted by Gasteiger charge is -2.36. The number of hydrogen-bond donors (Lipinski definition) is 2. The van der Waals surface area contributed by atoms with Crippen molar-refractivity contribution < 1.29 is 5.11 Å². The van der Waals surface area contributed by atoms with Gasteiger partial charge in [-0.05, 0) is 46.5 Å². The predicted molar refractivity (Wildman–Crippen MR) is 86.4 cm³/mol. The predicted octanol–water partition coefficient (Wildman–Crippen LogP) is 3.11. The third-order valence-corrected chi connectivity index (χ3v) is 4.97. The monoisotopic (exact) mass is 293 g/mol. The van der Waals surface area contributed by atoms with Crippen LogP contribution >= 0.6 is 0 Å². The van der Waals surface area contributed by atoms with Crippen LogP contribution in [0.15, 0.2) is 0 Å². The van der Waals surface area contributed by atoms with Gasteiger partial charge in [-0.25, -0.2) is 0 Å². The van der Waals surface area contributed by atoms with Crippen LogP contribution in [0.4, 0.5) is 0 Å². The minimum Gasteiger partial charge on any atom is -0.389 e. The second-order valence-corrected chi connectivity index (χ2v) is 6.93. The Morgan fingerprint density at radius 2 is 2.19 bits per heavy atom. The van der Waals surface area contributed by atoms with Crippen LogP contribution in [0.25, 0.3) is 0 Å². The first-order chi connectivity index (χ1) is 9.86. The van der Waals surface area contributed by atoms with Crippen LogP contribution in [0.1, 0.15) is 69.4 Å². The summed E-state index contributed by atoms with van der Waals surface area (Å²) >= 11 is 0. The molecule has 2 rings (SSSR count). The zero-order valence-corrected chi connectivity index (χ0v) is 14.2. The Morgan fingerprint density at radius 3 is 2.76 bits per heavy atom. The minimum atomic E-state index is -0.533. The second kappa shape index (κ2) is 6.49. The van der Waals surface area contributed by atoms with Gasteiger partial charge in [0.2, 0.25) is 0 Å². The Morgan fingerprint density at radius 1 is 1.48 bits per heavy atom. The molecule has 0 saturated heterocycles. The van der Waals surface area contributed by atoms with Gasteiger partial charge in [0.1, 0.15) is 0 Å². The van der Waals surface area contributed by atoms with E-state index in [9.17, 15) is 5.11 Å². The molecule has 120 valence electrons. The lowest BCUT2D eigenvalue weighted by Crippen LogP contribution is -2.44. The summed E-state index contributed by atoms with van der Waals surface area (Å²) < 4.78 is 2.06. The van der Waals surface area contributed by atoms with Crippen molar-refractivity contribution in [3.63, 3.8) is 0 Å². The van der Waals surface area contributed by atoms with Gasteiger partial charge in [0.05, 0.1) is 11.3 Å². The maximum Gasteiger partial charge on any atom is 0.0774 e. The molecule has 1 saturated carbocycles. The van der Waals surface area contributed by atoms with Gasteiger partial charge in [-0.1, -0.05) is 19.8 Å². The fourth-order valence-corrected chi connectivity index (χ4v) is 3.88. The van der Waals surface area contributed by atoms with E-state index >= 15 is 0 Å². The van der Waals surface area contributed by atoms with Gasteiger partial charge < -0.3 is 10.4 Å². The summed E-state index contributed by atoms with van der Waals surface area (Å²) in [6, 6.07) is 0.228. The molecule has 3 unspecified atom stereocenters. The van der Waals surface area contributed by atoms with Gasteiger partial charge in [-0.2, -0.15) is 5.10 Å². The quantitative estimate of drug-likeness (QED) is 0.877. The van der Waals surface area contributed by atoms with Crippen molar-refractivity contribution in [1.82, 2.24) is 15.1 Å². The summed E-state index contributed by atoms with van der Waals surface area (Å²) in [4.78, 5) is 0. The van der Waals surface area contributed by atoms with Gasteiger partial charge in [-0.3, -0.25) is 4.68 Å². The molecule has 1 fully saturated rings. The van der Waals surface area contributed by atoms with E-state index in [1.165, 1.54) is 17.7 Å². The first-order valence-corrected chi connectivity index (χ1v) is 8.36. The number of hydrogen-bond acceptors (Lipinski definition) is 3. The lowest BCUT2D eigenvalue weighted by molar-refractivity contribution is -0.0134. The van der Waals surface area contributed by atoms with Gasteiger partial charge in [0, 0.05) is 30.4 Å². The highest BCUT2D eigenvalue weighted by Gasteiger charge is 2.33. The molecule has 1 aromatic rings. The van der Waals surface area contributed by atoms with E-state index in [4.69, 9.17) is 0 Å². The summed E-state index contributed by atoms with van der Waals surface area (Å²) in [6.45, 7) is 12.3. The van der Waals surface area contributed by atoms with Crippen LogP contribution in [-0.2, 0) is 6.54 Å². The molecule has 0 radical (unpaired) electrons.